The zero-order valence-corrected chi connectivity index (χ0v) is 11.1. The molecule has 0 amide bonds. The van der Waals surface area contributed by atoms with Crippen LogP contribution in [0.5, 0.6) is 0 Å². The summed E-state index contributed by atoms with van der Waals surface area (Å²) in [4.78, 5) is 0. The number of nitrogens with one attached hydrogen (secondary N) is 1. The van der Waals surface area contributed by atoms with Gasteiger partial charge in [0, 0.05) is 19.8 Å². The molecule has 0 aliphatic heterocycles. The molecule has 0 heterocycles. The van der Waals surface area contributed by atoms with Gasteiger partial charge in [-0.05, 0) is 63.6 Å². The molecule has 1 nitrogen and oxygen atoms in total. The van der Waals surface area contributed by atoms with Gasteiger partial charge in [-0.3, -0.25) is 0 Å². The predicted octanol–water partition coefficient (Wildman–Crippen LogP) is 4.04. The molecule has 1 aromatic rings. The number of benzene rings is 1. The first kappa shape index (κ1) is 11.0. The van der Waals surface area contributed by atoms with Crippen molar-refractivity contribution in [2.75, 3.05) is 5.32 Å². The summed E-state index contributed by atoms with van der Waals surface area (Å²) in [6.07, 6.45) is 1.88. The first-order valence-electron chi connectivity index (χ1n) is 3.97. The molecule has 70 valence electrons. The highest BCUT2D eigenvalue weighted by Gasteiger charge is 2.01. The molecule has 0 saturated heterocycles. The molecular weight excluding hydrogens is 341 g/mol. The summed E-state index contributed by atoms with van der Waals surface area (Å²) in [6.45, 7) is 5.79. The summed E-state index contributed by atoms with van der Waals surface area (Å²) in [5.41, 5.74) is 1.10. The van der Waals surface area contributed by atoms with Crippen molar-refractivity contribution in [3.63, 3.8) is 0 Å². The lowest BCUT2D eigenvalue weighted by Crippen LogP contribution is -2.11. The lowest BCUT2D eigenvalue weighted by Gasteiger charge is -2.12. The molecule has 1 N–H and O–H groups in total. The number of hydrogen-bond acceptors (Lipinski definition) is 1. The molecule has 0 spiro atoms. The van der Waals surface area contributed by atoms with Crippen molar-refractivity contribution in [1.82, 2.24) is 0 Å². The second-order valence-corrected chi connectivity index (χ2v) is 4.89. The molecular formula is C10H11BrIN. The van der Waals surface area contributed by atoms with E-state index in [1.165, 1.54) is 3.57 Å². The Balaban J connectivity index is 2.83. The maximum atomic E-state index is 3.72. The highest BCUT2D eigenvalue weighted by atomic mass is 127. The topological polar surface area (TPSA) is 12.0 Å². The monoisotopic (exact) mass is 351 g/mol. The maximum Gasteiger partial charge on any atom is 0.0489 e. The molecule has 0 aliphatic rings. The van der Waals surface area contributed by atoms with Gasteiger partial charge < -0.3 is 5.32 Å². The average Bonchev–Trinajstić information content (AvgIpc) is 2.09. The van der Waals surface area contributed by atoms with Gasteiger partial charge >= 0.3 is 0 Å². The first-order valence-corrected chi connectivity index (χ1v) is 5.85. The molecule has 1 aromatic carbocycles. The molecule has 13 heavy (non-hydrogen) atoms. The Morgan fingerprint density at radius 1 is 1.62 bits per heavy atom. The second-order valence-electron chi connectivity index (χ2n) is 2.79. The smallest absolute Gasteiger partial charge is 0.0489 e. The first-order chi connectivity index (χ1) is 6.13. The van der Waals surface area contributed by atoms with Crippen molar-refractivity contribution in [2.45, 2.75) is 13.0 Å². The molecule has 0 bridgehead atoms. The molecule has 0 radical (unpaired) electrons. The van der Waals surface area contributed by atoms with E-state index in [-0.39, 0.29) is 6.04 Å². The van der Waals surface area contributed by atoms with Gasteiger partial charge in [0.2, 0.25) is 0 Å². The van der Waals surface area contributed by atoms with Gasteiger partial charge in [0.25, 0.3) is 0 Å². The van der Waals surface area contributed by atoms with Crippen LogP contribution in [0.1, 0.15) is 6.92 Å². The van der Waals surface area contributed by atoms with E-state index in [2.05, 4.69) is 75.5 Å². The third-order valence-corrected chi connectivity index (χ3v) is 2.99. The van der Waals surface area contributed by atoms with E-state index in [9.17, 15) is 0 Å². The van der Waals surface area contributed by atoms with E-state index in [0.717, 1.165) is 10.2 Å². The van der Waals surface area contributed by atoms with Gasteiger partial charge in [-0.1, -0.05) is 6.08 Å². The van der Waals surface area contributed by atoms with Crippen LogP contribution in [-0.2, 0) is 0 Å². The minimum absolute atomic E-state index is 0.288. The fourth-order valence-electron chi connectivity index (χ4n) is 0.911. The highest BCUT2D eigenvalue weighted by Crippen LogP contribution is 2.24. The summed E-state index contributed by atoms with van der Waals surface area (Å²) in [6, 6.07) is 6.50. The van der Waals surface area contributed by atoms with Gasteiger partial charge in [-0.25, -0.2) is 0 Å². The van der Waals surface area contributed by atoms with Gasteiger partial charge in [-0.15, -0.1) is 6.58 Å². The molecule has 3 heteroatoms. The van der Waals surface area contributed by atoms with Crippen LogP contribution in [0, 0.1) is 3.57 Å². The summed E-state index contributed by atoms with van der Waals surface area (Å²) in [5.74, 6) is 0. The Morgan fingerprint density at radius 2 is 2.31 bits per heavy atom. The van der Waals surface area contributed by atoms with Crippen molar-refractivity contribution < 1.29 is 0 Å². The molecule has 0 fully saturated rings. The summed E-state index contributed by atoms with van der Waals surface area (Å²) >= 11 is 5.79. The van der Waals surface area contributed by atoms with E-state index < -0.39 is 0 Å². The predicted molar refractivity (Wildman–Crippen MR) is 70.1 cm³/mol. The molecule has 1 unspecified atom stereocenters. The molecule has 0 saturated carbocycles. The number of anilines is 1. The van der Waals surface area contributed by atoms with Crippen LogP contribution in [0.4, 0.5) is 5.69 Å². The Morgan fingerprint density at radius 3 is 2.85 bits per heavy atom. The largest absolute Gasteiger partial charge is 0.378 e. The van der Waals surface area contributed by atoms with E-state index in [0.29, 0.717) is 0 Å². The Labute approximate surface area is 101 Å². The zero-order valence-electron chi connectivity index (χ0n) is 7.35. The van der Waals surface area contributed by atoms with Crippen LogP contribution in [0.3, 0.4) is 0 Å². The Hall–Kier alpha value is -0.0300. The summed E-state index contributed by atoms with van der Waals surface area (Å²) < 4.78 is 2.31. The minimum Gasteiger partial charge on any atom is -0.378 e. The second kappa shape index (κ2) is 5.00. The summed E-state index contributed by atoms with van der Waals surface area (Å²) in [5, 5.41) is 3.32. The van der Waals surface area contributed by atoms with Gasteiger partial charge in [0.1, 0.15) is 0 Å². The van der Waals surface area contributed by atoms with Crippen LogP contribution < -0.4 is 5.32 Å². The van der Waals surface area contributed by atoms with Crippen LogP contribution in [0.25, 0.3) is 0 Å². The normalized spacial score (nSPS) is 12.2. The number of halogens is 2. The van der Waals surface area contributed by atoms with Crippen LogP contribution in [0.15, 0.2) is 35.3 Å². The maximum absolute atomic E-state index is 3.72. The van der Waals surface area contributed by atoms with Crippen molar-refractivity contribution in [2.24, 2.45) is 0 Å². The van der Waals surface area contributed by atoms with Gasteiger partial charge in [0.15, 0.2) is 0 Å². The van der Waals surface area contributed by atoms with E-state index >= 15 is 0 Å². The molecule has 1 atom stereocenters. The zero-order chi connectivity index (χ0) is 9.84. The van der Waals surface area contributed by atoms with Crippen LogP contribution in [-0.4, -0.2) is 6.04 Å². The van der Waals surface area contributed by atoms with E-state index in [1.54, 1.807) is 0 Å². The van der Waals surface area contributed by atoms with E-state index in [4.69, 9.17) is 0 Å². The van der Waals surface area contributed by atoms with Crippen LogP contribution >= 0.6 is 38.5 Å². The number of hydrogen-bond donors (Lipinski definition) is 1. The van der Waals surface area contributed by atoms with Crippen molar-refractivity contribution >= 4 is 44.2 Å². The van der Waals surface area contributed by atoms with Crippen LogP contribution in [0.2, 0.25) is 0 Å². The fraction of sp³-hybridized carbons (Fsp3) is 0.200. The third-order valence-electron chi connectivity index (χ3n) is 1.67. The highest BCUT2D eigenvalue weighted by molar-refractivity contribution is 14.1. The van der Waals surface area contributed by atoms with Gasteiger partial charge in [0.05, 0.1) is 0 Å². The minimum atomic E-state index is 0.288. The lowest BCUT2D eigenvalue weighted by molar-refractivity contribution is 0.999. The molecule has 1 rings (SSSR count). The fourth-order valence-corrected chi connectivity index (χ4v) is 2.32. The third kappa shape index (κ3) is 3.31. The molecule has 0 aliphatic carbocycles. The van der Waals surface area contributed by atoms with Crippen molar-refractivity contribution in [3.05, 3.63) is 38.9 Å². The van der Waals surface area contributed by atoms with Crippen molar-refractivity contribution in [1.29, 1.82) is 0 Å². The molecule has 0 aromatic heterocycles. The van der Waals surface area contributed by atoms with Gasteiger partial charge in [-0.2, -0.15) is 0 Å². The lowest BCUT2D eigenvalue weighted by atomic mass is 10.2. The van der Waals surface area contributed by atoms with Crippen molar-refractivity contribution in [3.8, 4) is 0 Å². The Kier molecular flexibility index (Phi) is 4.25. The Bertz CT molecular complexity index is 312. The standard InChI is InChI=1S/C10H11BrIN/c1-3-7(2)13-10-5-4-8(12)6-9(10)11/h3-7,13H,1H2,2H3. The average molecular weight is 352 g/mol. The summed E-state index contributed by atoms with van der Waals surface area (Å²) in [7, 11) is 0. The SMILES string of the molecule is C=CC(C)Nc1ccc(I)cc1Br. The quantitative estimate of drug-likeness (QED) is 0.640. The number of rotatable bonds is 3. The van der Waals surface area contributed by atoms with E-state index in [1.807, 2.05) is 6.08 Å².